The summed E-state index contributed by atoms with van der Waals surface area (Å²) in [5.41, 5.74) is 1.02. The Kier molecular flexibility index (Phi) is 5.38. The number of hydrogen-bond donors (Lipinski definition) is 1. The zero-order valence-electron chi connectivity index (χ0n) is 9.86. The van der Waals surface area contributed by atoms with Crippen LogP contribution in [0.4, 0.5) is 0 Å². The molecule has 0 amide bonds. The van der Waals surface area contributed by atoms with Gasteiger partial charge >= 0.3 is 0 Å². The Balaban J connectivity index is 2.30. The van der Waals surface area contributed by atoms with Crippen LogP contribution >= 0.6 is 0 Å². The molecule has 16 heavy (non-hydrogen) atoms. The fourth-order valence-corrected chi connectivity index (χ4v) is 1.31. The molecule has 0 unspecified atom stereocenters. The lowest BCUT2D eigenvalue weighted by Gasteiger charge is -2.09. The van der Waals surface area contributed by atoms with E-state index < -0.39 is 0 Å². The van der Waals surface area contributed by atoms with Gasteiger partial charge in [-0.2, -0.15) is 5.26 Å². The van der Waals surface area contributed by atoms with E-state index in [-0.39, 0.29) is 0 Å². The fourth-order valence-electron chi connectivity index (χ4n) is 1.31. The molecule has 0 aromatic heterocycles. The van der Waals surface area contributed by atoms with Crippen molar-refractivity contribution in [1.29, 1.82) is 5.26 Å². The predicted octanol–water partition coefficient (Wildman–Crippen LogP) is 2.13. The Hall–Kier alpha value is -1.53. The normalized spacial score (nSPS) is 10.1. The van der Waals surface area contributed by atoms with Crippen LogP contribution in [0.1, 0.15) is 19.4 Å². The highest BCUT2D eigenvalue weighted by Crippen LogP contribution is 2.11. The van der Waals surface area contributed by atoms with E-state index in [1.165, 1.54) is 0 Å². The molecular formula is C13H18N2O. The van der Waals surface area contributed by atoms with Crippen LogP contribution in [0.15, 0.2) is 24.3 Å². The Labute approximate surface area is 97.0 Å². The van der Waals surface area contributed by atoms with E-state index in [4.69, 9.17) is 10.00 Å². The van der Waals surface area contributed by atoms with E-state index >= 15 is 0 Å². The second-order valence-corrected chi connectivity index (χ2v) is 3.94. The van der Waals surface area contributed by atoms with E-state index in [0.29, 0.717) is 19.1 Å². The Morgan fingerprint density at radius 2 is 2.00 bits per heavy atom. The van der Waals surface area contributed by atoms with Crippen LogP contribution in [0.2, 0.25) is 0 Å². The maximum atomic E-state index is 8.52. The molecule has 0 saturated heterocycles. The van der Waals surface area contributed by atoms with Gasteiger partial charge in [-0.1, -0.05) is 26.0 Å². The summed E-state index contributed by atoms with van der Waals surface area (Å²) >= 11 is 0. The minimum Gasteiger partial charge on any atom is -0.492 e. The van der Waals surface area contributed by atoms with Crippen LogP contribution < -0.4 is 10.1 Å². The van der Waals surface area contributed by atoms with Gasteiger partial charge in [0.05, 0.1) is 12.5 Å². The van der Waals surface area contributed by atoms with Crippen LogP contribution in [0.3, 0.4) is 0 Å². The molecule has 0 aliphatic rings. The van der Waals surface area contributed by atoms with Crippen LogP contribution in [0, 0.1) is 11.3 Å². The number of nitriles is 1. The van der Waals surface area contributed by atoms with Gasteiger partial charge in [-0.3, -0.25) is 0 Å². The molecular weight excluding hydrogens is 200 g/mol. The molecule has 0 saturated carbocycles. The minimum absolute atomic E-state index is 0.454. The Morgan fingerprint density at radius 1 is 1.31 bits per heavy atom. The first kappa shape index (κ1) is 12.5. The van der Waals surface area contributed by atoms with Gasteiger partial charge in [-0.05, 0) is 17.7 Å². The molecule has 0 spiro atoms. The average molecular weight is 218 g/mol. The van der Waals surface area contributed by atoms with E-state index in [1.54, 1.807) is 0 Å². The van der Waals surface area contributed by atoms with Gasteiger partial charge in [0.25, 0.3) is 0 Å². The van der Waals surface area contributed by atoms with Crippen molar-refractivity contribution in [2.45, 2.75) is 26.3 Å². The molecule has 0 heterocycles. The van der Waals surface area contributed by atoms with Gasteiger partial charge in [0.2, 0.25) is 0 Å². The molecule has 3 heteroatoms. The Bertz CT molecular complexity index is 338. The van der Waals surface area contributed by atoms with Gasteiger partial charge in [-0.25, -0.2) is 0 Å². The Morgan fingerprint density at radius 3 is 2.56 bits per heavy atom. The van der Waals surface area contributed by atoms with E-state index in [9.17, 15) is 0 Å². The van der Waals surface area contributed by atoms with Crippen molar-refractivity contribution >= 4 is 0 Å². The zero-order valence-corrected chi connectivity index (χ0v) is 9.86. The maximum absolute atomic E-state index is 8.52. The first-order valence-electron chi connectivity index (χ1n) is 5.54. The van der Waals surface area contributed by atoms with Crippen molar-refractivity contribution in [3.8, 4) is 11.8 Å². The molecule has 0 bridgehead atoms. The predicted molar refractivity (Wildman–Crippen MR) is 64.4 cm³/mol. The van der Waals surface area contributed by atoms with Crippen molar-refractivity contribution in [3.05, 3.63) is 29.8 Å². The summed E-state index contributed by atoms with van der Waals surface area (Å²) in [5, 5.41) is 11.8. The lowest BCUT2D eigenvalue weighted by Crippen LogP contribution is -2.27. The highest BCUT2D eigenvalue weighted by atomic mass is 16.5. The number of rotatable bonds is 6. The van der Waals surface area contributed by atoms with Crippen molar-refractivity contribution in [2.75, 3.05) is 13.2 Å². The third-order valence-corrected chi connectivity index (χ3v) is 2.13. The summed E-state index contributed by atoms with van der Waals surface area (Å²) in [5.74, 6) is 0.854. The standard InChI is InChI=1S/C13H18N2O/c1-11(2)15-9-10-16-13-5-3-12(4-6-13)7-8-14/h3-6,11,15H,7,9-10H2,1-2H3. The number of nitrogens with zero attached hydrogens (tertiary/aromatic N) is 1. The third-order valence-electron chi connectivity index (χ3n) is 2.13. The zero-order chi connectivity index (χ0) is 11.8. The number of nitrogens with one attached hydrogen (secondary N) is 1. The molecule has 0 radical (unpaired) electrons. The van der Waals surface area contributed by atoms with Gasteiger partial charge in [0, 0.05) is 12.6 Å². The smallest absolute Gasteiger partial charge is 0.119 e. The lowest BCUT2D eigenvalue weighted by molar-refractivity contribution is 0.309. The fraction of sp³-hybridized carbons (Fsp3) is 0.462. The average Bonchev–Trinajstić information content (AvgIpc) is 2.27. The lowest BCUT2D eigenvalue weighted by atomic mass is 10.2. The summed E-state index contributed by atoms with van der Waals surface area (Å²) in [6.45, 7) is 5.72. The maximum Gasteiger partial charge on any atom is 0.119 e. The number of ether oxygens (including phenoxy) is 1. The quantitative estimate of drug-likeness (QED) is 0.744. The van der Waals surface area contributed by atoms with Crippen molar-refractivity contribution in [3.63, 3.8) is 0 Å². The molecule has 1 aromatic carbocycles. The van der Waals surface area contributed by atoms with E-state index in [2.05, 4.69) is 25.2 Å². The highest BCUT2D eigenvalue weighted by Gasteiger charge is 1.96. The van der Waals surface area contributed by atoms with Crippen LogP contribution in [0.5, 0.6) is 5.75 Å². The summed E-state index contributed by atoms with van der Waals surface area (Å²) < 4.78 is 5.54. The topological polar surface area (TPSA) is 45.0 Å². The van der Waals surface area contributed by atoms with E-state index in [1.807, 2.05) is 24.3 Å². The largest absolute Gasteiger partial charge is 0.492 e. The summed E-state index contributed by atoms with van der Waals surface area (Å²) in [6, 6.07) is 10.3. The SMILES string of the molecule is CC(C)NCCOc1ccc(CC#N)cc1. The van der Waals surface area contributed by atoms with Crippen molar-refractivity contribution in [1.82, 2.24) is 5.32 Å². The highest BCUT2D eigenvalue weighted by molar-refractivity contribution is 5.28. The van der Waals surface area contributed by atoms with Crippen molar-refractivity contribution < 1.29 is 4.74 Å². The number of hydrogen-bond acceptors (Lipinski definition) is 3. The van der Waals surface area contributed by atoms with E-state index in [0.717, 1.165) is 17.9 Å². The van der Waals surface area contributed by atoms with Gasteiger partial charge in [0.15, 0.2) is 0 Å². The third kappa shape index (κ3) is 4.81. The molecule has 0 fully saturated rings. The first-order valence-corrected chi connectivity index (χ1v) is 5.54. The van der Waals surface area contributed by atoms with Crippen molar-refractivity contribution in [2.24, 2.45) is 0 Å². The second-order valence-electron chi connectivity index (χ2n) is 3.94. The monoisotopic (exact) mass is 218 g/mol. The van der Waals surface area contributed by atoms with Gasteiger partial charge in [0.1, 0.15) is 12.4 Å². The van der Waals surface area contributed by atoms with Crippen LogP contribution in [-0.4, -0.2) is 19.2 Å². The summed E-state index contributed by atoms with van der Waals surface area (Å²) in [6.07, 6.45) is 0.454. The summed E-state index contributed by atoms with van der Waals surface area (Å²) in [4.78, 5) is 0. The molecule has 1 N–H and O–H groups in total. The summed E-state index contributed by atoms with van der Waals surface area (Å²) in [7, 11) is 0. The van der Waals surface area contributed by atoms with Crippen LogP contribution in [0.25, 0.3) is 0 Å². The minimum atomic E-state index is 0.454. The molecule has 86 valence electrons. The first-order chi connectivity index (χ1) is 7.72. The molecule has 0 aliphatic heterocycles. The number of benzene rings is 1. The second kappa shape index (κ2) is 6.86. The molecule has 1 rings (SSSR count). The molecule has 0 aliphatic carbocycles. The molecule has 1 aromatic rings. The molecule has 3 nitrogen and oxygen atoms in total. The van der Waals surface area contributed by atoms with Gasteiger partial charge in [-0.15, -0.1) is 0 Å². The van der Waals surface area contributed by atoms with Crippen LogP contribution in [-0.2, 0) is 6.42 Å². The molecule has 0 atom stereocenters. The van der Waals surface area contributed by atoms with Gasteiger partial charge < -0.3 is 10.1 Å².